The standard InChI is InChI=1S/C25H27N3O4S/c1-16-7-6-8-18(15-16)28-17(2)21(23(29)27-11-13-32-14-12-27)22(26-25(28)33)19-9-4-5-10-20(19)24(30)31-3/h4-10,15,22H,11-14H2,1-3H3,(H,26,33). The topological polar surface area (TPSA) is 71.1 Å². The van der Waals surface area contributed by atoms with Gasteiger partial charge in [0.05, 0.1) is 37.5 Å². The van der Waals surface area contributed by atoms with Gasteiger partial charge in [-0.15, -0.1) is 0 Å². The number of rotatable bonds is 4. The van der Waals surface area contributed by atoms with Crippen LogP contribution in [-0.2, 0) is 14.3 Å². The molecule has 7 nitrogen and oxygen atoms in total. The van der Waals surface area contributed by atoms with Crippen molar-refractivity contribution in [3.63, 3.8) is 0 Å². The Hall–Kier alpha value is -3.23. The summed E-state index contributed by atoms with van der Waals surface area (Å²) in [5.74, 6) is -0.566. The summed E-state index contributed by atoms with van der Waals surface area (Å²) < 4.78 is 10.4. The third-order valence-electron chi connectivity index (χ3n) is 5.95. The van der Waals surface area contributed by atoms with E-state index < -0.39 is 12.0 Å². The first-order valence-electron chi connectivity index (χ1n) is 10.8. The fourth-order valence-electron chi connectivity index (χ4n) is 4.31. The molecule has 0 bridgehead atoms. The Morgan fingerprint density at radius 1 is 1.09 bits per heavy atom. The molecule has 1 N–H and O–H groups in total. The summed E-state index contributed by atoms with van der Waals surface area (Å²) in [6, 6.07) is 14.5. The van der Waals surface area contributed by atoms with E-state index in [4.69, 9.17) is 21.7 Å². The smallest absolute Gasteiger partial charge is 0.338 e. The fraction of sp³-hybridized carbons (Fsp3) is 0.320. The first-order chi connectivity index (χ1) is 15.9. The summed E-state index contributed by atoms with van der Waals surface area (Å²) in [4.78, 5) is 30.0. The lowest BCUT2D eigenvalue weighted by Crippen LogP contribution is -2.51. The minimum Gasteiger partial charge on any atom is -0.465 e. The Balaban J connectivity index is 1.87. The molecular weight excluding hydrogens is 438 g/mol. The van der Waals surface area contributed by atoms with Crippen LogP contribution in [0.3, 0.4) is 0 Å². The van der Waals surface area contributed by atoms with Gasteiger partial charge in [-0.05, 0) is 55.4 Å². The van der Waals surface area contributed by atoms with Crippen LogP contribution in [-0.4, -0.2) is 55.3 Å². The van der Waals surface area contributed by atoms with Crippen LogP contribution in [0.5, 0.6) is 0 Å². The Morgan fingerprint density at radius 3 is 2.52 bits per heavy atom. The molecule has 4 rings (SSSR count). The summed E-state index contributed by atoms with van der Waals surface area (Å²) in [6.45, 7) is 5.92. The highest BCUT2D eigenvalue weighted by atomic mass is 32.1. The molecular formula is C25H27N3O4S. The van der Waals surface area contributed by atoms with E-state index in [0.29, 0.717) is 48.1 Å². The van der Waals surface area contributed by atoms with Crippen molar-refractivity contribution < 1.29 is 19.1 Å². The van der Waals surface area contributed by atoms with E-state index in [9.17, 15) is 9.59 Å². The zero-order chi connectivity index (χ0) is 23.5. The molecule has 1 unspecified atom stereocenters. The highest BCUT2D eigenvalue weighted by Gasteiger charge is 2.38. The van der Waals surface area contributed by atoms with Gasteiger partial charge in [-0.1, -0.05) is 30.3 Å². The van der Waals surface area contributed by atoms with Crippen LogP contribution < -0.4 is 10.2 Å². The monoisotopic (exact) mass is 465 g/mol. The number of benzene rings is 2. The van der Waals surface area contributed by atoms with Crippen molar-refractivity contribution in [3.8, 4) is 0 Å². The average molecular weight is 466 g/mol. The molecule has 0 radical (unpaired) electrons. The molecule has 1 fully saturated rings. The van der Waals surface area contributed by atoms with E-state index in [-0.39, 0.29) is 5.91 Å². The molecule has 1 atom stereocenters. The van der Waals surface area contributed by atoms with Gasteiger partial charge in [0.15, 0.2) is 5.11 Å². The van der Waals surface area contributed by atoms with E-state index in [1.54, 1.807) is 17.0 Å². The van der Waals surface area contributed by atoms with Crippen LogP contribution in [0.1, 0.15) is 34.5 Å². The van der Waals surface area contributed by atoms with E-state index in [2.05, 4.69) is 5.32 Å². The Bertz CT molecular complexity index is 1120. The van der Waals surface area contributed by atoms with E-state index in [0.717, 1.165) is 16.9 Å². The number of nitrogens with one attached hydrogen (secondary N) is 1. The second-order valence-electron chi connectivity index (χ2n) is 8.04. The first kappa shape index (κ1) is 22.9. The number of amides is 1. The maximum atomic E-state index is 13.8. The van der Waals surface area contributed by atoms with Crippen molar-refractivity contribution in [2.45, 2.75) is 19.9 Å². The highest BCUT2D eigenvalue weighted by molar-refractivity contribution is 7.80. The number of nitrogens with zero attached hydrogens (tertiary/aromatic N) is 2. The number of hydrogen-bond donors (Lipinski definition) is 1. The summed E-state index contributed by atoms with van der Waals surface area (Å²) >= 11 is 5.76. The largest absolute Gasteiger partial charge is 0.465 e. The average Bonchev–Trinajstić information content (AvgIpc) is 2.83. The van der Waals surface area contributed by atoms with Crippen molar-refractivity contribution in [3.05, 3.63) is 76.5 Å². The number of allylic oxidation sites excluding steroid dienone is 1. The van der Waals surface area contributed by atoms with Gasteiger partial charge in [-0.3, -0.25) is 9.69 Å². The number of esters is 1. The molecule has 0 saturated carbocycles. The molecule has 0 spiro atoms. The SMILES string of the molecule is COC(=O)c1ccccc1C1NC(=S)N(c2cccc(C)c2)C(C)=C1C(=O)N1CCOCC1. The maximum Gasteiger partial charge on any atom is 0.338 e. The molecule has 2 aromatic rings. The molecule has 2 aliphatic heterocycles. The number of carbonyl (C=O) groups excluding carboxylic acids is 2. The van der Waals surface area contributed by atoms with Gasteiger partial charge in [0.1, 0.15) is 0 Å². The van der Waals surface area contributed by atoms with Crippen LogP contribution in [0.15, 0.2) is 59.8 Å². The third-order valence-corrected chi connectivity index (χ3v) is 6.25. The molecule has 1 saturated heterocycles. The van der Waals surface area contributed by atoms with E-state index in [1.807, 2.05) is 55.1 Å². The lowest BCUT2D eigenvalue weighted by Gasteiger charge is -2.40. The second-order valence-corrected chi connectivity index (χ2v) is 8.43. The molecule has 0 aliphatic carbocycles. The zero-order valence-corrected chi connectivity index (χ0v) is 19.8. The number of hydrogen-bond acceptors (Lipinski definition) is 5. The number of aryl methyl sites for hydroxylation is 1. The van der Waals surface area contributed by atoms with Crippen molar-refractivity contribution in [1.82, 2.24) is 10.2 Å². The predicted molar refractivity (Wildman–Crippen MR) is 130 cm³/mol. The minimum absolute atomic E-state index is 0.104. The van der Waals surface area contributed by atoms with Crippen LogP contribution in [0.2, 0.25) is 0 Å². The van der Waals surface area contributed by atoms with Crippen molar-refractivity contribution >= 4 is 34.9 Å². The molecule has 33 heavy (non-hydrogen) atoms. The minimum atomic E-state index is -0.593. The predicted octanol–water partition coefficient (Wildman–Crippen LogP) is 3.35. The molecule has 1 amide bonds. The highest BCUT2D eigenvalue weighted by Crippen LogP contribution is 2.36. The first-order valence-corrected chi connectivity index (χ1v) is 11.3. The summed E-state index contributed by atoms with van der Waals surface area (Å²) in [7, 11) is 1.35. The Morgan fingerprint density at radius 2 is 1.82 bits per heavy atom. The van der Waals surface area contributed by atoms with Gasteiger partial charge in [0, 0.05) is 24.5 Å². The second kappa shape index (κ2) is 9.72. The van der Waals surface area contributed by atoms with Crippen molar-refractivity contribution in [1.29, 1.82) is 0 Å². The van der Waals surface area contributed by atoms with Crippen LogP contribution >= 0.6 is 12.2 Å². The lowest BCUT2D eigenvalue weighted by molar-refractivity contribution is -0.131. The molecule has 2 aromatic carbocycles. The zero-order valence-electron chi connectivity index (χ0n) is 19.0. The van der Waals surface area contributed by atoms with Crippen molar-refractivity contribution in [2.75, 3.05) is 38.3 Å². The van der Waals surface area contributed by atoms with E-state index >= 15 is 0 Å². The van der Waals surface area contributed by atoms with Gasteiger partial charge < -0.3 is 19.7 Å². The van der Waals surface area contributed by atoms with Gasteiger partial charge in [0.2, 0.25) is 0 Å². The summed E-state index contributed by atoms with van der Waals surface area (Å²) in [5.41, 5.74) is 4.27. The van der Waals surface area contributed by atoms with Gasteiger partial charge >= 0.3 is 5.97 Å². The number of methoxy groups -OCH3 is 1. The Labute approximate surface area is 199 Å². The summed E-state index contributed by atoms with van der Waals surface area (Å²) in [6.07, 6.45) is 0. The van der Waals surface area contributed by atoms with E-state index in [1.165, 1.54) is 7.11 Å². The molecule has 8 heteroatoms. The van der Waals surface area contributed by atoms with Crippen LogP contribution in [0.4, 0.5) is 5.69 Å². The quantitative estimate of drug-likeness (QED) is 0.549. The molecule has 172 valence electrons. The van der Waals surface area contributed by atoms with Gasteiger partial charge in [-0.2, -0.15) is 0 Å². The number of anilines is 1. The maximum absolute atomic E-state index is 13.8. The van der Waals surface area contributed by atoms with Gasteiger partial charge in [0.25, 0.3) is 5.91 Å². The number of carbonyl (C=O) groups is 2. The third kappa shape index (κ3) is 4.49. The molecule has 0 aromatic heterocycles. The number of thiocarbonyl (C=S) groups is 1. The summed E-state index contributed by atoms with van der Waals surface area (Å²) in [5, 5.41) is 3.79. The van der Waals surface area contributed by atoms with Crippen molar-refractivity contribution in [2.24, 2.45) is 0 Å². The van der Waals surface area contributed by atoms with Crippen LogP contribution in [0.25, 0.3) is 0 Å². The Kier molecular flexibility index (Phi) is 6.76. The van der Waals surface area contributed by atoms with Gasteiger partial charge in [-0.25, -0.2) is 4.79 Å². The molecule has 2 aliphatic rings. The number of morpholine rings is 1. The normalized spacial score (nSPS) is 18.8. The lowest BCUT2D eigenvalue weighted by atomic mass is 9.90. The number of ether oxygens (including phenoxy) is 2. The fourth-order valence-corrected chi connectivity index (χ4v) is 4.67. The molecule has 2 heterocycles. The van der Waals surface area contributed by atoms with Crippen LogP contribution in [0, 0.1) is 6.92 Å².